The number of amides is 1. The van der Waals surface area contributed by atoms with Crippen LogP contribution in [0.3, 0.4) is 0 Å². The SMILES string of the molecule is CCn1c(SCC(=O)Nc2ccc([N+](=O)[O-])cc2C)nnc1-c1ccc(C(C)(C)C)cc1. The van der Waals surface area contributed by atoms with E-state index in [0.29, 0.717) is 23.0 Å². The topological polar surface area (TPSA) is 103 Å². The summed E-state index contributed by atoms with van der Waals surface area (Å²) in [6.07, 6.45) is 0. The molecule has 0 bridgehead atoms. The molecule has 0 fully saturated rings. The number of non-ortho nitro benzene ring substituents is 1. The fraction of sp³-hybridized carbons (Fsp3) is 0.348. The summed E-state index contributed by atoms with van der Waals surface area (Å²) in [5, 5.41) is 23.0. The van der Waals surface area contributed by atoms with Crippen molar-refractivity contribution in [1.82, 2.24) is 14.8 Å². The van der Waals surface area contributed by atoms with Crippen molar-refractivity contribution in [3.8, 4) is 11.4 Å². The van der Waals surface area contributed by atoms with Crippen molar-refractivity contribution in [2.45, 2.75) is 51.7 Å². The molecule has 1 amide bonds. The molecule has 1 heterocycles. The Labute approximate surface area is 191 Å². The van der Waals surface area contributed by atoms with Gasteiger partial charge in [-0.05, 0) is 36.5 Å². The van der Waals surface area contributed by atoms with Crippen molar-refractivity contribution in [1.29, 1.82) is 0 Å². The maximum absolute atomic E-state index is 12.4. The Balaban J connectivity index is 1.69. The van der Waals surface area contributed by atoms with Gasteiger partial charge in [0.2, 0.25) is 5.91 Å². The first kappa shape index (κ1) is 23.5. The maximum atomic E-state index is 12.4. The van der Waals surface area contributed by atoms with Gasteiger partial charge in [0.15, 0.2) is 11.0 Å². The van der Waals surface area contributed by atoms with Gasteiger partial charge < -0.3 is 9.88 Å². The number of thioether (sulfide) groups is 1. The lowest BCUT2D eigenvalue weighted by molar-refractivity contribution is -0.384. The number of rotatable bonds is 7. The zero-order valence-corrected chi connectivity index (χ0v) is 19.7. The number of carbonyl (C=O) groups excluding carboxylic acids is 1. The Kier molecular flexibility index (Phi) is 6.98. The van der Waals surface area contributed by atoms with Crippen molar-refractivity contribution in [2.75, 3.05) is 11.1 Å². The standard InChI is InChI=1S/C23H27N5O3S/c1-6-27-21(16-7-9-17(10-8-16)23(3,4)5)25-26-22(27)32-14-20(29)24-19-12-11-18(28(30)31)13-15(19)2/h7-13H,6,14H2,1-5H3,(H,24,29). The number of aromatic nitrogens is 3. The second-order valence-electron chi connectivity index (χ2n) is 8.47. The van der Waals surface area contributed by atoms with E-state index >= 15 is 0 Å². The van der Waals surface area contributed by atoms with Gasteiger partial charge in [-0.25, -0.2) is 0 Å². The number of benzene rings is 2. The summed E-state index contributed by atoms with van der Waals surface area (Å²) in [6, 6.07) is 12.7. The lowest BCUT2D eigenvalue weighted by Gasteiger charge is -2.19. The molecule has 0 aliphatic heterocycles. The molecule has 2 aromatic carbocycles. The van der Waals surface area contributed by atoms with Gasteiger partial charge in [-0.3, -0.25) is 14.9 Å². The Morgan fingerprint density at radius 1 is 1.16 bits per heavy atom. The maximum Gasteiger partial charge on any atom is 0.269 e. The number of hydrogen-bond donors (Lipinski definition) is 1. The Morgan fingerprint density at radius 3 is 2.41 bits per heavy atom. The van der Waals surface area contributed by atoms with Crippen LogP contribution >= 0.6 is 11.8 Å². The molecule has 3 rings (SSSR count). The predicted molar refractivity (Wildman–Crippen MR) is 127 cm³/mol. The molecular formula is C23H27N5O3S. The molecule has 1 aromatic heterocycles. The number of carbonyl (C=O) groups is 1. The minimum absolute atomic E-state index is 0.00557. The Morgan fingerprint density at radius 2 is 1.84 bits per heavy atom. The van der Waals surface area contributed by atoms with Crippen molar-refractivity contribution in [3.63, 3.8) is 0 Å². The van der Waals surface area contributed by atoms with Crippen molar-refractivity contribution in [2.24, 2.45) is 0 Å². The van der Waals surface area contributed by atoms with Gasteiger partial charge in [-0.2, -0.15) is 0 Å². The minimum Gasteiger partial charge on any atom is -0.325 e. The third-order valence-corrected chi connectivity index (χ3v) is 6.04. The van der Waals surface area contributed by atoms with Gasteiger partial charge in [0.25, 0.3) is 5.69 Å². The van der Waals surface area contributed by atoms with E-state index in [4.69, 9.17) is 0 Å². The molecule has 0 radical (unpaired) electrons. The highest BCUT2D eigenvalue weighted by Gasteiger charge is 2.17. The fourth-order valence-electron chi connectivity index (χ4n) is 3.23. The van der Waals surface area contributed by atoms with Crippen LogP contribution < -0.4 is 5.32 Å². The third-order valence-electron chi connectivity index (χ3n) is 5.07. The van der Waals surface area contributed by atoms with Crippen LogP contribution in [0.2, 0.25) is 0 Å². The van der Waals surface area contributed by atoms with Crippen molar-refractivity contribution in [3.05, 3.63) is 63.7 Å². The monoisotopic (exact) mass is 453 g/mol. The van der Waals surface area contributed by atoms with E-state index in [-0.39, 0.29) is 22.8 Å². The average Bonchev–Trinajstić information content (AvgIpc) is 3.16. The highest BCUT2D eigenvalue weighted by Crippen LogP contribution is 2.28. The molecule has 9 heteroatoms. The fourth-order valence-corrected chi connectivity index (χ4v) is 4.03. The van der Waals surface area contributed by atoms with Gasteiger partial charge >= 0.3 is 0 Å². The van der Waals surface area contributed by atoms with Gasteiger partial charge in [0.1, 0.15) is 0 Å². The van der Waals surface area contributed by atoms with E-state index in [2.05, 4.69) is 60.6 Å². The molecule has 0 unspecified atom stereocenters. The second-order valence-corrected chi connectivity index (χ2v) is 9.41. The molecule has 32 heavy (non-hydrogen) atoms. The van der Waals surface area contributed by atoms with E-state index in [0.717, 1.165) is 11.4 Å². The number of aryl methyl sites for hydroxylation is 1. The Bertz CT molecular complexity index is 1130. The Hall–Kier alpha value is -3.20. The lowest BCUT2D eigenvalue weighted by Crippen LogP contribution is -2.15. The number of nitrogens with one attached hydrogen (secondary N) is 1. The van der Waals surface area contributed by atoms with Gasteiger partial charge in [-0.1, -0.05) is 56.8 Å². The molecule has 3 aromatic rings. The summed E-state index contributed by atoms with van der Waals surface area (Å²) in [6.45, 7) is 10.9. The quantitative estimate of drug-likeness (QED) is 0.299. The normalized spacial score (nSPS) is 11.4. The summed E-state index contributed by atoms with van der Waals surface area (Å²) < 4.78 is 1.99. The molecule has 0 saturated heterocycles. The van der Waals surface area contributed by atoms with Crippen molar-refractivity contribution < 1.29 is 9.72 Å². The first-order chi connectivity index (χ1) is 15.1. The second kappa shape index (κ2) is 9.52. The number of nitro groups is 1. The molecule has 8 nitrogen and oxygen atoms in total. The summed E-state index contributed by atoms with van der Waals surface area (Å²) >= 11 is 1.30. The largest absolute Gasteiger partial charge is 0.325 e. The van der Waals surface area contributed by atoms with Crippen LogP contribution in [0.5, 0.6) is 0 Å². The third kappa shape index (κ3) is 5.34. The van der Waals surface area contributed by atoms with Gasteiger partial charge in [0.05, 0.1) is 10.7 Å². The first-order valence-corrected chi connectivity index (χ1v) is 11.3. The molecule has 0 aliphatic carbocycles. The zero-order chi connectivity index (χ0) is 23.5. The van der Waals surface area contributed by atoms with E-state index in [9.17, 15) is 14.9 Å². The van der Waals surface area contributed by atoms with Crippen LogP contribution in [0.1, 0.15) is 38.8 Å². The highest BCUT2D eigenvalue weighted by atomic mass is 32.2. The summed E-state index contributed by atoms with van der Waals surface area (Å²) in [5.41, 5.74) is 3.48. The highest BCUT2D eigenvalue weighted by molar-refractivity contribution is 7.99. The van der Waals surface area contributed by atoms with Crippen LogP contribution in [0, 0.1) is 17.0 Å². The number of nitrogens with zero attached hydrogens (tertiary/aromatic N) is 4. The predicted octanol–water partition coefficient (Wildman–Crippen LogP) is 5.21. The molecule has 0 aliphatic rings. The van der Waals surface area contributed by atoms with Gasteiger partial charge in [0, 0.05) is 29.9 Å². The molecule has 0 saturated carbocycles. The molecule has 1 N–H and O–H groups in total. The van der Waals surface area contributed by atoms with Crippen LogP contribution in [0.25, 0.3) is 11.4 Å². The summed E-state index contributed by atoms with van der Waals surface area (Å²) in [7, 11) is 0. The van der Waals surface area contributed by atoms with E-state index in [1.165, 1.54) is 29.5 Å². The molecule has 168 valence electrons. The van der Waals surface area contributed by atoms with Crippen LogP contribution in [0.15, 0.2) is 47.6 Å². The number of hydrogen-bond acceptors (Lipinski definition) is 6. The first-order valence-electron chi connectivity index (χ1n) is 10.3. The van der Waals surface area contributed by atoms with E-state index in [1.807, 2.05) is 11.5 Å². The minimum atomic E-state index is -0.458. The average molecular weight is 454 g/mol. The number of nitro benzene ring substituents is 1. The number of anilines is 1. The van der Waals surface area contributed by atoms with E-state index in [1.54, 1.807) is 13.0 Å². The van der Waals surface area contributed by atoms with Gasteiger partial charge in [-0.15, -0.1) is 10.2 Å². The summed E-state index contributed by atoms with van der Waals surface area (Å²) in [5.74, 6) is 0.702. The molecular weight excluding hydrogens is 426 g/mol. The van der Waals surface area contributed by atoms with E-state index < -0.39 is 4.92 Å². The smallest absolute Gasteiger partial charge is 0.269 e. The molecule has 0 atom stereocenters. The molecule has 0 spiro atoms. The van der Waals surface area contributed by atoms with Crippen molar-refractivity contribution >= 4 is 29.0 Å². The summed E-state index contributed by atoms with van der Waals surface area (Å²) in [4.78, 5) is 22.9. The van der Waals surface area contributed by atoms with Crippen LogP contribution in [0.4, 0.5) is 11.4 Å². The van der Waals surface area contributed by atoms with Crippen LogP contribution in [-0.4, -0.2) is 31.3 Å². The van der Waals surface area contributed by atoms with Crippen LogP contribution in [-0.2, 0) is 16.8 Å². The lowest BCUT2D eigenvalue weighted by atomic mass is 9.87. The zero-order valence-electron chi connectivity index (χ0n) is 18.9.